The Labute approximate surface area is 82.3 Å². The van der Waals surface area contributed by atoms with Crippen LogP contribution >= 0.6 is 0 Å². The van der Waals surface area contributed by atoms with Gasteiger partial charge in [-0.2, -0.15) is 0 Å². The maximum Gasteiger partial charge on any atom is 0.305 e. The molecule has 0 aliphatic rings. The molecule has 0 aliphatic carbocycles. The molecule has 1 rings (SSSR count). The highest BCUT2D eigenvalue weighted by Crippen LogP contribution is 2.04. The normalized spacial score (nSPS) is 9.79. The van der Waals surface area contributed by atoms with Crippen molar-refractivity contribution in [1.82, 2.24) is 4.98 Å². The fourth-order valence-corrected chi connectivity index (χ4v) is 1.13. The van der Waals surface area contributed by atoms with E-state index in [0.29, 0.717) is 25.0 Å². The van der Waals surface area contributed by atoms with Crippen LogP contribution in [0.2, 0.25) is 0 Å². The summed E-state index contributed by atoms with van der Waals surface area (Å²) in [5, 5.41) is 0. The quantitative estimate of drug-likeness (QED) is 0.572. The molecule has 1 heterocycles. The van der Waals surface area contributed by atoms with Crippen LogP contribution in [0.15, 0.2) is 18.3 Å². The third-order valence-electron chi connectivity index (χ3n) is 1.91. The van der Waals surface area contributed by atoms with E-state index in [1.165, 1.54) is 7.11 Å². The molecule has 0 bridgehead atoms. The van der Waals surface area contributed by atoms with E-state index in [1.54, 1.807) is 18.3 Å². The van der Waals surface area contributed by atoms with E-state index in [1.807, 2.05) is 0 Å². The molecule has 4 heteroatoms. The second-order valence-electron chi connectivity index (χ2n) is 2.94. The smallest absolute Gasteiger partial charge is 0.305 e. The largest absolute Gasteiger partial charge is 0.469 e. The molecule has 76 valence electrons. The lowest BCUT2D eigenvalue weighted by Crippen LogP contribution is -2.03. The second kappa shape index (κ2) is 5.21. The number of hydrogen-bond acceptors (Lipinski definition) is 3. The Morgan fingerprint density at radius 1 is 1.43 bits per heavy atom. The third kappa shape index (κ3) is 3.05. The molecule has 1 N–H and O–H groups in total. The van der Waals surface area contributed by atoms with Crippen molar-refractivity contribution >= 4 is 11.8 Å². The molecule has 1 aromatic heterocycles. The summed E-state index contributed by atoms with van der Waals surface area (Å²) < 4.78 is 4.46. The van der Waals surface area contributed by atoms with Gasteiger partial charge in [-0.1, -0.05) is 0 Å². The number of carbonyl (C=O) groups excluding carboxylic acids is 2. The number of rotatable bonds is 5. The highest BCUT2D eigenvalue weighted by atomic mass is 16.5. The van der Waals surface area contributed by atoms with Crippen molar-refractivity contribution in [3.63, 3.8) is 0 Å². The van der Waals surface area contributed by atoms with Crippen LogP contribution in [0, 0.1) is 0 Å². The number of carbonyl (C=O) groups is 2. The fraction of sp³-hybridized carbons (Fsp3) is 0.400. The van der Waals surface area contributed by atoms with Crippen molar-refractivity contribution in [3.05, 3.63) is 24.0 Å². The number of H-pyrrole nitrogens is 1. The molecule has 0 aromatic carbocycles. The molecule has 0 unspecified atom stereocenters. The van der Waals surface area contributed by atoms with Gasteiger partial charge in [-0.05, 0) is 18.6 Å². The fourth-order valence-electron chi connectivity index (χ4n) is 1.13. The van der Waals surface area contributed by atoms with Crippen molar-refractivity contribution in [3.8, 4) is 0 Å². The average molecular weight is 195 g/mol. The Kier molecular flexibility index (Phi) is 3.91. The SMILES string of the molecule is COC(=O)CCCC(=O)c1ccc[nH]1. The zero-order chi connectivity index (χ0) is 10.4. The summed E-state index contributed by atoms with van der Waals surface area (Å²) in [7, 11) is 1.34. The molecule has 0 spiro atoms. The summed E-state index contributed by atoms with van der Waals surface area (Å²) in [5.74, 6) is -0.247. The lowest BCUT2D eigenvalue weighted by molar-refractivity contribution is -0.140. The van der Waals surface area contributed by atoms with Gasteiger partial charge in [0.25, 0.3) is 0 Å². The summed E-state index contributed by atoms with van der Waals surface area (Å²) in [4.78, 5) is 25.0. The van der Waals surface area contributed by atoms with Gasteiger partial charge < -0.3 is 9.72 Å². The molecule has 0 radical (unpaired) electrons. The van der Waals surface area contributed by atoms with Crippen molar-refractivity contribution in [1.29, 1.82) is 0 Å². The van der Waals surface area contributed by atoms with Crippen LogP contribution in [-0.4, -0.2) is 23.8 Å². The minimum Gasteiger partial charge on any atom is -0.469 e. The van der Waals surface area contributed by atoms with Gasteiger partial charge in [-0.3, -0.25) is 9.59 Å². The second-order valence-corrected chi connectivity index (χ2v) is 2.94. The summed E-state index contributed by atoms with van der Waals surface area (Å²) in [5.41, 5.74) is 0.592. The molecule has 0 amide bonds. The minimum absolute atomic E-state index is 0.0268. The Morgan fingerprint density at radius 3 is 2.79 bits per heavy atom. The first-order chi connectivity index (χ1) is 6.74. The van der Waals surface area contributed by atoms with E-state index in [-0.39, 0.29) is 11.8 Å². The highest BCUT2D eigenvalue weighted by Gasteiger charge is 2.07. The van der Waals surface area contributed by atoms with Gasteiger partial charge in [0.2, 0.25) is 0 Å². The number of esters is 1. The number of nitrogens with one attached hydrogen (secondary N) is 1. The maximum absolute atomic E-state index is 11.4. The number of aromatic nitrogens is 1. The van der Waals surface area contributed by atoms with Crippen LogP contribution in [0.3, 0.4) is 0 Å². The molecule has 1 aromatic rings. The predicted molar refractivity (Wildman–Crippen MR) is 51.0 cm³/mol. The topological polar surface area (TPSA) is 59.2 Å². The molecular formula is C10H13NO3. The lowest BCUT2D eigenvalue weighted by Gasteiger charge is -1.98. The molecule has 4 nitrogen and oxygen atoms in total. The van der Waals surface area contributed by atoms with E-state index >= 15 is 0 Å². The van der Waals surface area contributed by atoms with Gasteiger partial charge in [-0.15, -0.1) is 0 Å². The maximum atomic E-state index is 11.4. The minimum atomic E-state index is -0.274. The van der Waals surface area contributed by atoms with Gasteiger partial charge in [-0.25, -0.2) is 0 Å². The molecule has 0 atom stereocenters. The van der Waals surface area contributed by atoms with Gasteiger partial charge in [0.05, 0.1) is 12.8 Å². The van der Waals surface area contributed by atoms with Crippen LogP contribution in [0.4, 0.5) is 0 Å². The summed E-state index contributed by atoms with van der Waals surface area (Å²) in [6.07, 6.45) is 2.90. The van der Waals surface area contributed by atoms with E-state index < -0.39 is 0 Å². The van der Waals surface area contributed by atoms with Gasteiger partial charge in [0.1, 0.15) is 0 Å². The summed E-state index contributed by atoms with van der Waals surface area (Å²) in [6, 6.07) is 3.49. The van der Waals surface area contributed by atoms with Crippen LogP contribution in [0.25, 0.3) is 0 Å². The highest BCUT2D eigenvalue weighted by molar-refractivity contribution is 5.94. The lowest BCUT2D eigenvalue weighted by atomic mass is 10.1. The summed E-state index contributed by atoms with van der Waals surface area (Å²) >= 11 is 0. The molecular weight excluding hydrogens is 182 g/mol. The third-order valence-corrected chi connectivity index (χ3v) is 1.91. The van der Waals surface area contributed by atoms with Crippen LogP contribution in [0.1, 0.15) is 29.8 Å². The average Bonchev–Trinajstić information content (AvgIpc) is 2.70. The van der Waals surface area contributed by atoms with E-state index in [2.05, 4.69) is 9.72 Å². The van der Waals surface area contributed by atoms with Crippen molar-refractivity contribution < 1.29 is 14.3 Å². The number of aromatic amines is 1. The number of hydrogen-bond donors (Lipinski definition) is 1. The number of methoxy groups -OCH3 is 1. The first kappa shape index (κ1) is 10.5. The van der Waals surface area contributed by atoms with Crippen molar-refractivity contribution in [2.75, 3.05) is 7.11 Å². The van der Waals surface area contributed by atoms with Crippen LogP contribution in [-0.2, 0) is 9.53 Å². The molecule has 0 aliphatic heterocycles. The molecule has 0 fully saturated rings. The Bertz CT molecular complexity index is 303. The molecule has 0 saturated heterocycles. The van der Waals surface area contributed by atoms with Gasteiger partial charge in [0.15, 0.2) is 5.78 Å². The van der Waals surface area contributed by atoms with E-state index in [4.69, 9.17) is 0 Å². The monoisotopic (exact) mass is 195 g/mol. The summed E-state index contributed by atoms with van der Waals surface area (Å²) in [6.45, 7) is 0. The van der Waals surface area contributed by atoms with Gasteiger partial charge >= 0.3 is 5.97 Å². The first-order valence-electron chi connectivity index (χ1n) is 4.47. The van der Waals surface area contributed by atoms with E-state index in [0.717, 1.165) is 0 Å². The number of Topliss-reactive ketones (excluding diaryl/α,β-unsaturated/α-hetero) is 1. The number of ether oxygens (including phenoxy) is 1. The first-order valence-corrected chi connectivity index (χ1v) is 4.47. The Morgan fingerprint density at radius 2 is 2.21 bits per heavy atom. The van der Waals surface area contributed by atoms with Crippen LogP contribution in [0.5, 0.6) is 0 Å². The zero-order valence-corrected chi connectivity index (χ0v) is 8.08. The van der Waals surface area contributed by atoms with Gasteiger partial charge in [0, 0.05) is 19.0 Å². The van der Waals surface area contributed by atoms with Crippen LogP contribution < -0.4 is 0 Å². The predicted octanol–water partition coefficient (Wildman–Crippen LogP) is 1.54. The standard InChI is InChI=1S/C10H13NO3/c1-14-10(13)6-2-5-9(12)8-4-3-7-11-8/h3-4,7,11H,2,5-6H2,1H3. The Balaban J connectivity index is 2.26. The van der Waals surface area contributed by atoms with Crippen molar-refractivity contribution in [2.45, 2.75) is 19.3 Å². The Hall–Kier alpha value is -1.58. The van der Waals surface area contributed by atoms with Crippen molar-refractivity contribution in [2.24, 2.45) is 0 Å². The molecule has 14 heavy (non-hydrogen) atoms. The zero-order valence-electron chi connectivity index (χ0n) is 8.08. The molecule has 0 saturated carbocycles. The van der Waals surface area contributed by atoms with E-state index in [9.17, 15) is 9.59 Å². The number of ketones is 1.